The average molecular weight is 307 g/mol. The number of rotatable bonds is 1. The van der Waals surface area contributed by atoms with Gasteiger partial charge in [-0.1, -0.05) is 23.7 Å². The molecule has 7 heteroatoms. The summed E-state index contributed by atoms with van der Waals surface area (Å²) in [4.78, 5) is -0.142. The quantitative estimate of drug-likeness (QED) is 0.794. The van der Waals surface area contributed by atoms with E-state index >= 15 is 0 Å². The maximum Gasteiger partial charge on any atom is 0.179 e. The Hall–Kier alpha value is -0.850. The molecule has 0 aliphatic carbocycles. The fourth-order valence-electron chi connectivity index (χ4n) is 1.72. The molecule has 18 heavy (non-hydrogen) atoms. The van der Waals surface area contributed by atoms with Crippen LogP contribution in [0, 0.1) is 0 Å². The maximum atomic E-state index is 12.0. The van der Waals surface area contributed by atoms with E-state index in [-0.39, 0.29) is 22.8 Å². The predicted octanol–water partition coefficient (Wildman–Crippen LogP) is 1.87. The minimum atomic E-state index is -3.56. The molecular formula is C11H11ClO4S2. The Morgan fingerprint density at radius 2 is 1.56 bits per heavy atom. The highest BCUT2D eigenvalue weighted by atomic mass is 35.5. The Kier molecular flexibility index (Phi) is 3.53. The Morgan fingerprint density at radius 1 is 0.944 bits per heavy atom. The summed E-state index contributed by atoms with van der Waals surface area (Å²) < 4.78 is 47.3. The lowest BCUT2D eigenvalue weighted by atomic mass is 10.2. The van der Waals surface area contributed by atoms with Gasteiger partial charge in [-0.2, -0.15) is 0 Å². The average Bonchev–Trinajstić information content (AvgIpc) is 2.36. The molecule has 4 nitrogen and oxygen atoms in total. The van der Waals surface area contributed by atoms with Crippen molar-refractivity contribution in [2.24, 2.45) is 0 Å². The van der Waals surface area contributed by atoms with Crippen molar-refractivity contribution in [1.82, 2.24) is 0 Å². The molecule has 98 valence electrons. The number of benzene rings is 1. The Morgan fingerprint density at radius 3 is 2.17 bits per heavy atom. The van der Waals surface area contributed by atoms with Crippen LogP contribution in [-0.2, 0) is 19.7 Å². The van der Waals surface area contributed by atoms with Crippen molar-refractivity contribution in [3.05, 3.63) is 40.3 Å². The highest BCUT2D eigenvalue weighted by Gasteiger charge is 2.26. The second-order valence-corrected chi connectivity index (χ2v) is 8.51. The molecule has 0 N–H and O–H groups in total. The van der Waals surface area contributed by atoms with E-state index in [0.717, 1.165) is 5.41 Å². The van der Waals surface area contributed by atoms with Gasteiger partial charge in [-0.3, -0.25) is 0 Å². The first-order valence-corrected chi connectivity index (χ1v) is 8.98. The van der Waals surface area contributed by atoms with Crippen molar-refractivity contribution in [2.75, 3.05) is 11.5 Å². The summed E-state index contributed by atoms with van der Waals surface area (Å²) in [5.41, 5.74) is 0.352. The van der Waals surface area contributed by atoms with Crippen LogP contribution in [0.5, 0.6) is 0 Å². The molecule has 0 bridgehead atoms. The van der Waals surface area contributed by atoms with E-state index in [1.165, 1.54) is 24.3 Å². The minimum absolute atomic E-state index is 0.123. The monoisotopic (exact) mass is 306 g/mol. The van der Waals surface area contributed by atoms with Crippen LogP contribution >= 0.6 is 11.6 Å². The van der Waals surface area contributed by atoms with Crippen molar-refractivity contribution < 1.29 is 16.8 Å². The summed E-state index contributed by atoms with van der Waals surface area (Å²) in [7, 11) is -7.03. The van der Waals surface area contributed by atoms with Crippen LogP contribution < -0.4 is 0 Å². The van der Waals surface area contributed by atoms with Crippen molar-refractivity contribution >= 4 is 36.2 Å². The van der Waals surface area contributed by atoms with Gasteiger partial charge in [0.25, 0.3) is 0 Å². The van der Waals surface area contributed by atoms with Crippen LogP contribution in [0.4, 0.5) is 0 Å². The Bertz CT molecular complexity index is 685. The van der Waals surface area contributed by atoms with E-state index < -0.39 is 19.7 Å². The number of halogens is 1. The molecule has 0 saturated heterocycles. The number of hydrogen-bond acceptors (Lipinski definition) is 4. The molecule has 1 aliphatic rings. The third-order valence-corrected chi connectivity index (χ3v) is 6.30. The molecule has 0 aromatic heterocycles. The third kappa shape index (κ3) is 2.93. The molecule has 0 saturated carbocycles. The van der Waals surface area contributed by atoms with Crippen LogP contribution in [0.2, 0.25) is 5.02 Å². The zero-order valence-electron chi connectivity index (χ0n) is 9.34. The summed E-state index contributed by atoms with van der Waals surface area (Å²) in [5.74, 6) is -0.288. The van der Waals surface area contributed by atoms with Gasteiger partial charge in [0.15, 0.2) is 19.7 Å². The molecule has 1 aliphatic heterocycles. The molecular weight excluding hydrogens is 296 g/mol. The van der Waals surface area contributed by atoms with Crippen LogP contribution in [0.3, 0.4) is 0 Å². The zero-order chi connectivity index (χ0) is 13.4. The van der Waals surface area contributed by atoms with Gasteiger partial charge < -0.3 is 0 Å². The Balaban J connectivity index is 2.63. The lowest BCUT2D eigenvalue weighted by Crippen LogP contribution is -2.07. The molecule has 0 atom stereocenters. The van der Waals surface area contributed by atoms with Gasteiger partial charge in [0.1, 0.15) is 0 Å². The lowest BCUT2D eigenvalue weighted by molar-refractivity contribution is 0.602. The molecule has 0 radical (unpaired) electrons. The second-order valence-electron chi connectivity index (χ2n) is 4.03. The third-order valence-electron chi connectivity index (χ3n) is 2.59. The molecule has 0 unspecified atom stereocenters. The van der Waals surface area contributed by atoms with E-state index in [2.05, 4.69) is 0 Å². The first-order valence-electron chi connectivity index (χ1n) is 5.23. The SMILES string of the molecule is O=S1(=O)C=C(c2ccc(Cl)cc2)S(=O)(=O)CCC1. The Labute approximate surface area is 111 Å². The maximum absolute atomic E-state index is 12.0. The zero-order valence-corrected chi connectivity index (χ0v) is 11.7. The minimum Gasteiger partial charge on any atom is -0.224 e. The second kappa shape index (κ2) is 4.68. The van der Waals surface area contributed by atoms with E-state index in [1.54, 1.807) is 0 Å². The predicted molar refractivity (Wildman–Crippen MR) is 71.6 cm³/mol. The molecule has 1 aromatic carbocycles. The standard InChI is InChI=1S/C11H11ClO4S2/c12-10-4-2-9(3-5-10)11-8-17(13,14)6-1-7-18(11,15)16/h2-5,8H,1,6-7H2. The van der Waals surface area contributed by atoms with Gasteiger partial charge in [0.05, 0.1) is 16.4 Å². The van der Waals surface area contributed by atoms with Gasteiger partial charge in [-0.15, -0.1) is 0 Å². The van der Waals surface area contributed by atoms with Crippen LogP contribution in [0.1, 0.15) is 12.0 Å². The molecule has 0 amide bonds. The largest absolute Gasteiger partial charge is 0.224 e. The summed E-state index contributed by atoms with van der Waals surface area (Å²) in [6.45, 7) is 0. The smallest absolute Gasteiger partial charge is 0.179 e. The van der Waals surface area contributed by atoms with Gasteiger partial charge in [-0.05, 0) is 24.1 Å². The van der Waals surface area contributed by atoms with Crippen LogP contribution in [0.15, 0.2) is 29.7 Å². The molecule has 0 spiro atoms. The van der Waals surface area contributed by atoms with E-state index in [4.69, 9.17) is 11.6 Å². The van der Waals surface area contributed by atoms with Gasteiger partial charge >= 0.3 is 0 Å². The van der Waals surface area contributed by atoms with Crippen LogP contribution in [0.25, 0.3) is 4.91 Å². The van der Waals surface area contributed by atoms with Crippen molar-refractivity contribution in [3.8, 4) is 0 Å². The normalized spacial score (nSPS) is 21.9. The summed E-state index contributed by atoms with van der Waals surface area (Å²) in [6.07, 6.45) is 0.123. The van der Waals surface area contributed by atoms with E-state index in [0.29, 0.717) is 10.6 Å². The summed E-state index contributed by atoms with van der Waals surface area (Å²) in [6, 6.07) is 6.08. The fraction of sp³-hybridized carbons (Fsp3) is 0.273. The highest BCUT2D eigenvalue weighted by molar-refractivity contribution is 8.03. The van der Waals surface area contributed by atoms with Gasteiger partial charge in [0, 0.05) is 10.4 Å². The fourth-order valence-corrected chi connectivity index (χ4v) is 5.42. The first kappa shape index (κ1) is 13.6. The van der Waals surface area contributed by atoms with E-state index in [1.807, 2.05) is 0 Å². The number of sulfone groups is 2. The topological polar surface area (TPSA) is 68.3 Å². The molecule has 1 heterocycles. The first-order chi connectivity index (χ1) is 8.30. The number of hydrogen-bond donors (Lipinski definition) is 0. The lowest BCUT2D eigenvalue weighted by Gasteiger charge is -2.06. The van der Waals surface area contributed by atoms with Crippen molar-refractivity contribution in [1.29, 1.82) is 0 Å². The van der Waals surface area contributed by atoms with Crippen molar-refractivity contribution in [3.63, 3.8) is 0 Å². The molecule has 1 aromatic rings. The van der Waals surface area contributed by atoms with Gasteiger partial charge in [0.2, 0.25) is 0 Å². The summed E-state index contributed by atoms with van der Waals surface area (Å²) >= 11 is 5.72. The van der Waals surface area contributed by atoms with Crippen LogP contribution in [-0.4, -0.2) is 28.3 Å². The molecule has 0 fully saturated rings. The van der Waals surface area contributed by atoms with E-state index in [9.17, 15) is 16.8 Å². The van der Waals surface area contributed by atoms with Gasteiger partial charge in [-0.25, -0.2) is 16.8 Å². The highest BCUT2D eigenvalue weighted by Crippen LogP contribution is 2.27. The van der Waals surface area contributed by atoms with Crippen molar-refractivity contribution in [2.45, 2.75) is 6.42 Å². The molecule has 2 rings (SSSR count). The summed E-state index contributed by atoms with van der Waals surface area (Å²) in [5, 5.41) is 1.33.